The molecule has 2 fully saturated rings. The molecule has 1 heterocycles. The van der Waals surface area contributed by atoms with Crippen LogP contribution in [0.5, 0.6) is 0 Å². The van der Waals surface area contributed by atoms with Gasteiger partial charge in [-0.2, -0.15) is 0 Å². The third-order valence-electron chi connectivity index (χ3n) is 3.17. The van der Waals surface area contributed by atoms with Crippen molar-refractivity contribution in [3.8, 4) is 0 Å². The number of nitrogens with one attached hydrogen (secondary N) is 2. The van der Waals surface area contributed by atoms with Crippen molar-refractivity contribution < 1.29 is 9.53 Å². The fourth-order valence-corrected chi connectivity index (χ4v) is 2.41. The number of alkyl carbamates (subject to hydrolysis) is 1. The van der Waals surface area contributed by atoms with E-state index in [1.807, 2.05) is 20.8 Å². The van der Waals surface area contributed by atoms with Crippen LogP contribution >= 0.6 is 0 Å². The van der Waals surface area contributed by atoms with E-state index >= 15 is 0 Å². The monoisotopic (exact) mass is 212 g/mol. The Morgan fingerprint density at radius 1 is 1.40 bits per heavy atom. The van der Waals surface area contributed by atoms with E-state index < -0.39 is 5.60 Å². The first-order valence-electron chi connectivity index (χ1n) is 5.66. The Hall–Kier alpha value is -0.770. The highest BCUT2D eigenvalue weighted by atomic mass is 16.6. The molecule has 15 heavy (non-hydrogen) atoms. The zero-order valence-electron chi connectivity index (χ0n) is 9.67. The molecule has 3 unspecified atom stereocenters. The summed E-state index contributed by atoms with van der Waals surface area (Å²) in [6.45, 7) is 7.79. The minimum Gasteiger partial charge on any atom is -0.444 e. The molecule has 4 nitrogen and oxygen atoms in total. The van der Waals surface area contributed by atoms with E-state index in [0.717, 1.165) is 25.4 Å². The van der Waals surface area contributed by atoms with Crippen molar-refractivity contribution in [2.75, 3.05) is 13.1 Å². The van der Waals surface area contributed by atoms with E-state index in [2.05, 4.69) is 10.6 Å². The van der Waals surface area contributed by atoms with Crippen LogP contribution in [-0.2, 0) is 4.74 Å². The van der Waals surface area contributed by atoms with Crippen molar-refractivity contribution in [3.63, 3.8) is 0 Å². The fourth-order valence-electron chi connectivity index (χ4n) is 2.41. The van der Waals surface area contributed by atoms with E-state index in [1.54, 1.807) is 0 Å². The smallest absolute Gasteiger partial charge is 0.407 e. The maximum Gasteiger partial charge on any atom is 0.407 e. The summed E-state index contributed by atoms with van der Waals surface area (Å²) in [5, 5.41) is 6.29. The average molecular weight is 212 g/mol. The lowest BCUT2D eigenvalue weighted by Gasteiger charge is -2.40. The number of hydrogen-bond donors (Lipinski definition) is 2. The van der Waals surface area contributed by atoms with Gasteiger partial charge in [0.05, 0.1) is 0 Å². The van der Waals surface area contributed by atoms with Crippen LogP contribution in [0.15, 0.2) is 0 Å². The van der Waals surface area contributed by atoms with Gasteiger partial charge in [0.2, 0.25) is 0 Å². The first-order chi connectivity index (χ1) is 6.96. The summed E-state index contributed by atoms with van der Waals surface area (Å²) >= 11 is 0. The van der Waals surface area contributed by atoms with Crippen LogP contribution in [0.25, 0.3) is 0 Å². The fraction of sp³-hybridized carbons (Fsp3) is 0.909. The molecular formula is C11H20N2O2. The molecule has 1 saturated carbocycles. The molecule has 0 radical (unpaired) electrons. The number of carbonyl (C=O) groups is 1. The normalized spacial score (nSPS) is 34.2. The van der Waals surface area contributed by atoms with Crippen LogP contribution in [0.2, 0.25) is 0 Å². The van der Waals surface area contributed by atoms with Crippen molar-refractivity contribution in [1.29, 1.82) is 0 Å². The van der Waals surface area contributed by atoms with Gasteiger partial charge in [-0.05, 0) is 45.6 Å². The van der Waals surface area contributed by atoms with Crippen LogP contribution in [0, 0.1) is 11.8 Å². The van der Waals surface area contributed by atoms with Gasteiger partial charge in [0, 0.05) is 12.6 Å². The molecular weight excluding hydrogens is 192 g/mol. The Balaban J connectivity index is 1.76. The van der Waals surface area contributed by atoms with Crippen molar-refractivity contribution in [2.24, 2.45) is 11.8 Å². The third-order valence-corrected chi connectivity index (χ3v) is 3.17. The van der Waals surface area contributed by atoms with Gasteiger partial charge < -0.3 is 15.4 Å². The summed E-state index contributed by atoms with van der Waals surface area (Å²) in [6, 6.07) is 0.319. The van der Waals surface area contributed by atoms with Crippen LogP contribution in [0.3, 0.4) is 0 Å². The Kier molecular flexibility index (Phi) is 2.63. The molecule has 3 atom stereocenters. The van der Waals surface area contributed by atoms with E-state index in [0.29, 0.717) is 12.0 Å². The number of carbonyl (C=O) groups excluding carboxylic acids is 1. The van der Waals surface area contributed by atoms with Gasteiger partial charge in [0.1, 0.15) is 5.60 Å². The molecule has 1 aliphatic heterocycles. The second-order valence-corrected chi connectivity index (χ2v) is 5.57. The summed E-state index contributed by atoms with van der Waals surface area (Å²) in [7, 11) is 0. The Morgan fingerprint density at radius 3 is 2.73 bits per heavy atom. The Bertz CT molecular complexity index is 260. The standard InChI is InChI=1S/C11H20N2O2/c1-11(2,3)15-10(14)13-9-4-7-5-12-6-8(7)9/h7-9,12H,4-6H2,1-3H3,(H,13,14). The molecule has 2 aliphatic rings. The zero-order valence-corrected chi connectivity index (χ0v) is 9.67. The second-order valence-electron chi connectivity index (χ2n) is 5.57. The van der Waals surface area contributed by atoms with Crippen LogP contribution < -0.4 is 10.6 Å². The van der Waals surface area contributed by atoms with Gasteiger partial charge in [-0.3, -0.25) is 0 Å². The van der Waals surface area contributed by atoms with Gasteiger partial charge in [0.25, 0.3) is 0 Å². The molecule has 86 valence electrons. The van der Waals surface area contributed by atoms with E-state index in [4.69, 9.17) is 4.74 Å². The molecule has 0 spiro atoms. The molecule has 1 aliphatic carbocycles. The van der Waals surface area contributed by atoms with E-state index in [9.17, 15) is 4.79 Å². The third kappa shape index (κ3) is 2.43. The van der Waals surface area contributed by atoms with Crippen molar-refractivity contribution in [2.45, 2.75) is 38.8 Å². The summed E-state index contributed by atoms with van der Waals surface area (Å²) in [5.74, 6) is 1.39. The van der Waals surface area contributed by atoms with Gasteiger partial charge in [-0.15, -0.1) is 0 Å². The van der Waals surface area contributed by atoms with Crippen LogP contribution in [0.1, 0.15) is 27.2 Å². The van der Waals surface area contributed by atoms with Crippen LogP contribution in [-0.4, -0.2) is 30.8 Å². The molecule has 0 aromatic heterocycles. The van der Waals surface area contributed by atoms with Crippen molar-refractivity contribution >= 4 is 6.09 Å². The number of rotatable bonds is 1. The average Bonchev–Trinajstić information content (AvgIpc) is 2.39. The van der Waals surface area contributed by atoms with Gasteiger partial charge in [-0.1, -0.05) is 0 Å². The highest BCUT2D eigenvalue weighted by Crippen LogP contribution is 2.37. The number of fused-ring (bicyclic) bond motifs is 1. The Morgan fingerprint density at radius 2 is 2.13 bits per heavy atom. The molecule has 0 aromatic carbocycles. The minimum absolute atomic E-state index is 0.280. The second kappa shape index (κ2) is 3.67. The lowest BCUT2D eigenvalue weighted by atomic mass is 9.71. The van der Waals surface area contributed by atoms with Gasteiger partial charge >= 0.3 is 6.09 Å². The maximum absolute atomic E-state index is 11.5. The largest absolute Gasteiger partial charge is 0.444 e. The van der Waals surface area contributed by atoms with E-state index in [1.165, 1.54) is 0 Å². The SMILES string of the molecule is CC(C)(C)OC(=O)NC1CC2CNCC21. The molecule has 4 heteroatoms. The number of amides is 1. The molecule has 1 amide bonds. The summed E-state index contributed by atoms with van der Waals surface area (Å²) in [5.41, 5.74) is -0.402. The molecule has 1 saturated heterocycles. The summed E-state index contributed by atoms with van der Waals surface area (Å²) in [4.78, 5) is 11.5. The molecule has 2 rings (SSSR count). The van der Waals surface area contributed by atoms with Gasteiger partial charge in [0.15, 0.2) is 0 Å². The lowest BCUT2D eigenvalue weighted by molar-refractivity contribution is 0.0403. The number of hydrogen-bond acceptors (Lipinski definition) is 3. The quantitative estimate of drug-likeness (QED) is 0.685. The van der Waals surface area contributed by atoms with Crippen LogP contribution in [0.4, 0.5) is 4.79 Å². The molecule has 0 aromatic rings. The minimum atomic E-state index is -0.402. The maximum atomic E-state index is 11.5. The first-order valence-corrected chi connectivity index (χ1v) is 5.66. The molecule has 0 bridgehead atoms. The van der Waals surface area contributed by atoms with Gasteiger partial charge in [-0.25, -0.2) is 4.79 Å². The summed E-state index contributed by atoms with van der Waals surface area (Å²) in [6.07, 6.45) is 0.814. The molecule has 2 N–H and O–H groups in total. The van der Waals surface area contributed by atoms with E-state index in [-0.39, 0.29) is 6.09 Å². The number of ether oxygens (including phenoxy) is 1. The predicted molar refractivity (Wildman–Crippen MR) is 57.6 cm³/mol. The predicted octanol–water partition coefficient (Wildman–Crippen LogP) is 1.12. The topological polar surface area (TPSA) is 50.4 Å². The van der Waals surface area contributed by atoms with Crippen molar-refractivity contribution in [3.05, 3.63) is 0 Å². The zero-order chi connectivity index (χ0) is 11.1. The first kappa shape index (κ1) is 10.7. The van der Waals surface area contributed by atoms with Crippen molar-refractivity contribution in [1.82, 2.24) is 10.6 Å². The highest BCUT2D eigenvalue weighted by molar-refractivity contribution is 5.68. The highest BCUT2D eigenvalue weighted by Gasteiger charge is 2.44. The lowest BCUT2D eigenvalue weighted by Crippen LogP contribution is -2.52. The summed E-state index contributed by atoms with van der Waals surface area (Å²) < 4.78 is 5.22. The Labute approximate surface area is 90.8 Å².